The fourth-order valence-electron chi connectivity index (χ4n) is 3.63. The predicted octanol–water partition coefficient (Wildman–Crippen LogP) is 2.11. The highest BCUT2D eigenvalue weighted by molar-refractivity contribution is 5.99. The lowest BCUT2D eigenvalue weighted by Gasteiger charge is -2.49. The Hall–Kier alpha value is -0.860. The number of piperidine rings is 1. The Morgan fingerprint density at radius 2 is 1.94 bits per heavy atom. The second-order valence-electron chi connectivity index (χ2n) is 5.82. The van der Waals surface area contributed by atoms with E-state index >= 15 is 0 Å². The zero-order valence-corrected chi connectivity index (χ0v) is 10.4. The molecule has 90 valence electrons. The molecule has 2 aliphatic rings. The Morgan fingerprint density at radius 1 is 1.25 bits per heavy atom. The average Bonchev–Trinajstić information content (AvgIpc) is 2.20. The summed E-state index contributed by atoms with van der Waals surface area (Å²) in [4.78, 5) is 23.4. The maximum absolute atomic E-state index is 11.8. The Morgan fingerprint density at radius 3 is 2.56 bits per heavy atom. The highest BCUT2D eigenvalue weighted by Crippen LogP contribution is 2.52. The molecule has 3 nitrogen and oxygen atoms in total. The van der Waals surface area contributed by atoms with E-state index in [1.807, 2.05) is 6.92 Å². The first-order valence-electron chi connectivity index (χ1n) is 6.29. The van der Waals surface area contributed by atoms with Gasteiger partial charge in [-0.1, -0.05) is 27.2 Å². The number of rotatable bonds is 0. The molecule has 16 heavy (non-hydrogen) atoms. The van der Waals surface area contributed by atoms with Gasteiger partial charge in [-0.3, -0.25) is 14.9 Å². The van der Waals surface area contributed by atoms with Crippen molar-refractivity contribution in [1.29, 1.82) is 0 Å². The molecule has 0 bridgehead atoms. The van der Waals surface area contributed by atoms with Gasteiger partial charge in [-0.05, 0) is 30.1 Å². The molecule has 1 saturated carbocycles. The van der Waals surface area contributed by atoms with E-state index < -0.39 is 0 Å². The highest BCUT2D eigenvalue weighted by atomic mass is 16.2. The van der Waals surface area contributed by atoms with Crippen LogP contribution in [-0.2, 0) is 9.59 Å². The molecular formula is C13H21NO2. The molecule has 4 unspecified atom stereocenters. The third-order valence-corrected chi connectivity index (χ3v) is 4.85. The lowest BCUT2D eigenvalue weighted by molar-refractivity contribution is -0.148. The summed E-state index contributed by atoms with van der Waals surface area (Å²) in [6, 6.07) is 0. The van der Waals surface area contributed by atoms with E-state index in [4.69, 9.17) is 0 Å². The Labute approximate surface area is 97.0 Å². The zero-order valence-electron chi connectivity index (χ0n) is 10.4. The molecule has 1 heterocycles. The fourth-order valence-corrected chi connectivity index (χ4v) is 3.63. The molecule has 0 aromatic heterocycles. The normalized spacial score (nSPS) is 44.6. The lowest BCUT2D eigenvalue weighted by atomic mass is 9.56. The number of hydrogen-bond acceptors (Lipinski definition) is 2. The second-order valence-corrected chi connectivity index (χ2v) is 5.82. The smallest absolute Gasteiger partial charge is 0.229 e. The number of hydrogen-bond donors (Lipinski definition) is 1. The van der Waals surface area contributed by atoms with E-state index in [1.54, 1.807) is 0 Å². The van der Waals surface area contributed by atoms with Gasteiger partial charge in [-0.2, -0.15) is 0 Å². The first-order chi connectivity index (χ1) is 7.45. The summed E-state index contributed by atoms with van der Waals surface area (Å²) < 4.78 is 0. The SMILES string of the molecule is CC1CCC2(CC(=O)NC(=O)C2C)C(C)C1. The topological polar surface area (TPSA) is 46.2 Å². The molecule has 1 aliphatic carbocycles. The van der Waals surface area contributed by atoms with E-state index in [9.17, 15) is 9.59 Å². The summed E-state index contributed by atoms with van der Waals surface area (Å²) in [5.41, 5.74) is -0.0636. The molecule has 1 aliphatic heterocycles. The number of carbonyl (C=O) groups is 2. The molecule has 2 amide bonds. The Bertz CT molecular complexity index is 326. The first kappa shape index (κ1) is 11.6. The van der Waals surface area contributed by atoms with Crippen molar-refractivity contribution in [2.45, 2.75) is 46.5 Å². The van der Waals surface area contributed by atoms with Crippen LogP contribution in [0.5, 0.6) is 0 Å². The quantitative estimate of drug-likeness (QED) is 0.639. The van der Waals surface area contributed by atoms with Crippen molar-refractivity contribution in [3.63, 3.8) is 0 Å². The van der Waals surface area contributed by atoms with Crippen LogP contribution in [0.25, 0.3) is 0 Å². The number of carbonyl (C=O) groups excluding carboxylic acids is 2. The van der Waals surface area contributed by atoms with Crippen LogP contribution in [-0.4, -0.2) is 11.8 Å². The van der Waals surface area contributed by atoms with Crippen LogP contribution in [0.15, 0.2) is 0 Å². The van der Waals surface area contributed by atoms with Crippen LogP contribution in [0, 0.1) is 23.2 Å². The van der Waals surface area contributed by atoms with Crippen LogP contribution >= 0.6 is 0 Å². The highest BCUT2D eigenvalue weighted by Gasteiger charge is 2.50. The molecule has 4 atom stereocenters. The first-order valence-corrected chi connectivity index (χ1v) is 6.29. The molecular weight excluding hydrogens is 202 g/mol. The van der Waals surface area contributed by atoms with Gasteiger partial charge >= 0.3 is 0 Å². The van der Waals surface area contributed by atoms with Crippen molar-refractivity contribution >= 4 is 11.8 Å². The number of amides is 2. The van der Waals surface area contributed by atoms with Crippen LogP contribution in [0.1, 0.15) is 46.5 Å². The minimum absolute atomic E-state index is 0.0206. The van der Waals surface area contributed by atoms with Gasteiger partial charge in [0.1, 0.15) is 0 Å². The Balaban J connectivity index is 2.27. The minimum Gasteiger partial charge on any atom is -0.296 e. The summed E-state index contributed by atoms with van der Waals surface area (Å²) in [5.74, 6) is 1.03. The van der Waals surface area contributed by atoms with Crippen molar-refractivity contribution < 1.29 is 9.59 Å². The van der Waals surface area contributed by atoms with E-state index in [1.165, 1.54) is 0 Å². The van der Waals surface area contributed by atoms with Crippen molar-refractivity contribution in [2.24, 2.45) is 23.2 Å². The van der Waals surface area contributed by atoms with Gasteiger partial charge in [0.25, 0.3) is 0 Å². The second kappa shape index (κ2) is 3.86. The fraction of sp³-hybridized carbons (Fsp3) is 0.846. The van der Waals surface area contributed by atoms with Gasteiger partial charge in [-0.25, -0.2) is 0 Å². The standard InChI is InChI=1S/C13H21NO2/c1-8-4-5-13(9(2)6-8)7-11(15)14-12(16)10(13)3/h8-10H,4-7H2,1-3H3,(H,14,15,16). The van der Waals surface area contributed by atoms with Crippen molar-refractivity contribution in [3.05, 3.63) is 0 Å². The molecule has 2 fully saturated rings. The number of imide groups is 1. The van der Waals surface area contributed by atoms with E-state index in [0.717, 1.165) is 25.2 Å². The van der Waals surface area contributed by atoms with Gasteiger partial charge in [0.05, 0.1) is 0 Å². The van der Waals surface area contributed by atoms with E-state index in [-0.39, 0.29) is 23.1 Å². The van der Waals surface area contributed by atoms with Crippen molar-refractivity contribution in [3.8, 4) is 0 Å². The van der Waals surface area contributed by atoms with Gasteiger partial charge in [0.2, 0.25) is 11.8 Å². The maximum atomic E-state index is 11.8. The Kier molecular flexibility index (Phi) is 2.81. The third kappa shape index (κ3) is 1.66. The van der Waals surface area contributed by atoms with Crippen LogP contribution < -0.4 is 5.32 Å². The molecule has 0 radical (unpaired) electrons. The maximum Gasteiger partial charge on any atom is 0.229 e. The summed E-state index contributed by atoms with van der Waals surface area (Å²) >= 11 is 0. The molecule has 1 spiro atoms. The van der Waals surface area contributed by atoms with Gasteiger partial charge in [-0.15, -0.1) is 0 Å². The zero-order chi connectivity index (χ0) is 11.9. The van der Waals surface area contributed by atoms with Crippen molar-refractivity contribution in [1.82, 2.24) is 5.32 Å². The summed E-state index contributed by atoms with van der Waals surface area (Å²) in [7, 11) is 0. The molecule has 2 rings (SSSR count). The lowest BCUT2D eigenvalue weighted by Crippen LogP contribution is -2.55. The predicted molar refractivity (Wildman–Crippen MR) is 61.5 cm³/mol. The van der Waals surface area contributed by atoms with Gasteiger partial charge in [0, 0.05) is 12.3 Å². The largest absolute Gasteiger partial charge is 0.296 e. The monoisotopic (exact) mass is 223 g/mol. The van der Waals surface area contributed by atoms with Crippen LogP contribution in [0.3, 0.4) is 0 Å². The van der Waals surface area contributed by atoms with Gasteiger partial charge in [0.15, 0.2) is 0 Å². The average molecular weight is 223 g/mol. The molecule has 1 saturated heterocycles. The van der Waals surface area contributed by atoms with E-state index in [2.05, 4.69) is 19.2 Å². The van der Waals surface area contributed by atoms with E-state index in [0.29, 0.717) is 12.3 Å². The van der Waals surface area contributed by atoms with Crippen LogP contribution in [0.2, 0.25) is 0 Å². The minimum atomic E-state index is -0.0792. The molecule has 0 aromatic carbocycles. The summed E-state index contributed by atoms with van der Waals surface area (Å²) in [6.07, 6.45) is 3.85. The van der Waals surface area contributed by atoms with Gasteiger partial charge < -0.3 is 0 Å². The molecule has 0 aromatic rings. The van der Waals surface area contributed by atoms with Crippen molar-refractivity contribution in [2.75, 3.05) is 0 Å². The summed E-state index contributed by atoms with van der Waals surface area (Å²) in [5, 5.41) is 2.45. The number of nitrogens with one attached hydrogen (secondary N) is 1. The third-order valence-electron chi connectivity index (χ3n) is 4.85. The summed E-state index contributed by atoms with van der Waals surface area (Å²) in [6.45, 7) is 6.45. The molecule has 3 heteroatoms. The van der Waals surface area contributed by atoms with Crippen LogP contribution in [0.4, 0.5) is 0 Å². The molecule has 1 N–H and O–H groups in total.